The maximum Gasteiger partial charge on any atom is 0.242 e. The zero-order chi connectivity index (χ0) is 13.2. The summed E-state index contributed by atoms with van der Waals surface area (Å²) in [6, 6.07) is 0.968. The molecule has 1 aromatic heterocycles. The van der Waals surface area contributed by atoms with Crippen LogP contribution in [0.2, 0.25) is 0 Å². The van der Waals surface area contributed by atoms with Crippen LogP contribution in [-0.2, 0) is 10.0 Å². The number of pyridine rings is 1. The summed E-state index contributed by atoms with van der Waals surface area (Å²) in [7, 11) is -3.67. The smallest absolute Gasteiger partial charge is 0.242 e. The Balaban J connectivity index is 2.03. The van der Waals surface area contributed by atoms with Crippen LogP contribution in [0.25, 0.3) is 0 Å². The van der Waals surface area contributed by atoms with Crippen molar-refractivity contribution in [3.8, 4) is 0 Å². The van der Waals surface area contributed by atoms with E-state index in [4.69, 9.17) is 0 Å². The van der Waals surface area contributed by atoms with Crippen molar-refractivity contribution >= 4 is 26.0 Å². The van der Waals surface area contributed by atoms with Gasteiger partial charge < -0.3 is 0 Å². The summed E-state index contributed by atoms with van der Waals surface area (Å²) < 4.78 is 39.3. The number of nitrogens with zero attached hydrogens (tertiary/aromatic N) is 1. The van der Waals surface area contributed by atoms with Crippen molar-refractivity contribution in [2.45, 2.75) is 29.0 Å². The summed E-state index contributed by atoms with van der Waals surface area (Å²) in [4.78, 5) is 3.76. The number of nitrogens with one attached hydrogen (secondary N) is 1. The summed E-state index contributed by atoms with van der Waals surface area (Å²) >= 11 is 3.53. The van der Waals surface area contributed by atoms with E-state index in [9.17, 15) is 12.8 Å². The van der Waals surface area contributed by atoms with E-state index in [1.807, 2.05) is 0 Å². The number of aromatic nitrogens is 1. The third-order valence-electron chi connectivity index (χ3n) is 3.09. The molecule has 1 aromatic rings. The van der Waals surface area contributed by atoms with Crippen LogP contribution in [0.1, 0.15) is 19.3 Å². The van der Waals surface area contributed by atoms with Crippen LogP contribution in [0.15, 0.2) is 23.4 Å². The molecule has 7 heteroatoms. The van der Waals surface area contributed by atoms with Gasteiger partial charge in [0.2, 0.25) is 10.0 Å². The monoisotopic (exact) mass is 336 g/mol. The fraction of sp³-hybridized carbons (Fsp3) is 0.545. The molecule has 0 amide bonds. The second-order valence-electron chi connectivity index (χ2n) is 4.40. The highest BCUT2D eigenvalue weighted by Crippen LogP contribution is 2.31. The zero-order valence-corrected chi connectivity index (χ0v) is 12.0. The molecular weight excluding hydrogens is 323 g/mol. The van der Waals surface area contributed by atoms with E-state index in [0.29, 0.717) is 17.3 Å². The highest BCUT2D eigenvalue weighted by Gasteiger charge is 2.26. The minimum Gasteiger partial charge on any atom is -0.260 e. The lowest BCUT2D eigenvalue weighted by molar-refractivity contribution is 0.528. The highest BCUT2D eigenvalue weighted by atomic mass is 79.9. The molecule has 1 N–H and O–H groups in total. The van der Waals surface area contributed by atoms with Crippen molar-refractivity contribution in [3.05, 3.63) is 24.3 Å². The maximum atomic E-state index is 12.9. The summed E-state index contributed by atoms with van der Waals surface area (Å²) in [6.07, 6.45) is 5.29. The van der Waals surface area contributed by atoms with E-state index >= 15 is 0 Å². The van der Waals surface area contributed by atoms with Gasteiger partial charge in [0.25, 0.3) is 0 Å². The Morgan fingerprint density at radius 3 is 2.83 bits per heavy atom. The SMILES string of the molecule is O=S(=O)(NCC1CCCC1Br)c1cncc(F)c1. The average Bonchev–Trinajstić information content (AvgIpc) is 2.72. The number of hydrogen-bond acceptors (Lipinski definition) is 3. The van der Waals surface area contributed by atoms with Gasteiger partial charge in [0.05, 0.1) is 6.20 Å². The van der Waals surface area contributed by atoms with Gasteiger partial charge in [-0.05, 0) is 24.8 Å². The maximum absolute atomic E-state index is 12.9. The van der Waals surface area contributed by atoms with Crippen LogP contribution in [0.5, 0.6) is 0 Å². The lowest BCUT2D eigenvalue weighted by atomic mass is 10.1. The van der Waals surface area contributed by atoms with E-state index in [1.165, 1.54) is 0 Å². The van der Waals surface area contributed by atoms with Crippen LogP contribution in [0.3, 0.4) is 0 Å². The van der Waals surface area contributed by atoms with Gasteiger partial charge in [0, 0.05) is 17.6 Å². The van der Waals surface area contributed by atoms with Crippen molar-refractivity contribution in [1.29, 1.82) is 0 Å². The fourth-order valence-electron chi connectivity index (χ4n) is 2.06. The van der Waals surface area contributed by atoms with E-state index in [-0.39, 0.29) is 4.90 Å². The molecule has 2 rings (SSSR count). The molecule has 0 saturated heterocycles. The van der Waals surface area contributed by atoms with Gasteiger partial charge in [-0.3, -0.25) is 4.98 Å². The first-order valence-electron chi connectivity index (χ1n) is 5.73. The third kappa shape index (κ3) is 3.27. The van der Waals surface area contributed by atoms with Gasteiger partial charge in [0.1, 0.15) is 10.7 Å². The molecule has 100 valence electrons. The normalized spacial score (nSPS) is 24.3. The van der Waals surface area contributed by atoms with Crippen molar-refractivity contribution in [2.75, 3.05) is 6.54 Å². The van der Waals surface area contributed by atoms with E-state index in [2.05, 4.69) is 25.6 Å². The predicted octanol–water partition coefficient (Wildman–Crippen LogP) is 2.06. The van der Waals surface area contributed by atoms with Crippen LogP contribution >= 0.6 is 15.9 Å². The topological polar surface area (TPSA) is 59.1 Å². The highest BCUT2D eigenvalue weighted by molar-refractivity contribution is 9.09. The molecule has 0 bridgehead atoms. The molecule has 1 saturated carbocycles. The molecule has 1 aliphatic carbocycles. The van der Waals surface area contributed by atoms with E-state index in [0.717, 1.165) is 37.7 Å². The summed E-state index contributed by atoms with van der Waals surface area (Å²) in [5.74, 6) is -0.363. The van der Waals surface area contributed by atoms with Crippen LogP contribution < -0.4 is 4.72 Å². The minimum atomic E-state index is -3.67. The second kappa shape index (κ2) is 5.63. The molecule has 0 aromatic carbocycles. The van der Waals surface area contributed by atoms with E-state index < -0.39 is 15.8 Å². The molecule has 18 heavy (non-hydrogen) atoms. The predicted molar refractivity (Wildman–Crippen MR) is 69.4 cm³/mol. The molecule has 1 aliphatic rings. The van der Waals surface area contributed by atoms with Crippen LogP contribution in [0, 0.1) is 11.7 Å². The number of hydrogen-bond donors (Lipinski definition) is 1. The number of alkyl halides is 1. The quantitative estimate of drug-likeness (QED) is 0.856. The van der Waals surface area contributed by atoms with Gasteiger partial charge in [-0.25, -0.2) is 17.5 Å². The first-order chi connectivity index (χ1) is 8.49. The molecule has 1 fully saturated rings. The second-order valence-corrected chi connectivity index (χ2v) is 7.34. The Kier molecular flexibility index (Phi) is 4.34. The molecule has 4 nitrogen and oxygen atoms in total. The Bertz CT molecular complexity index is 524. The van der Waals surface area contributed by atoms with E-state index in [1.54, 1.807) is 0 Å². The third-order valence-corrected chi connectivity index (χ3v) is 5.69. The zero-order valence-electron chi connectivity index (χ0n) is 9.64. The molecule has 2 atom stereocenters. The van der Waals surface area contributed by atoms with Gasteiger partial charge in [-0.1, -0.05) is 22.4 Å². The molecule has 1 heterocycles. The summed E-state index contributed by atoms with van der Waals surface area (Å²) in [5.41, 5.74) is 0. The standard InChI is InChI=1S/C11H14BrFN2O2S/c12-11-3-1-2-8(11)5-15-18(16,17)10-4-9(13)6-14-7-10/h4,6-8,11,15H,1-3,5H2. The molecule has 0 radical (unpaired) electrons. The Hall–Kier alpha value is -0.530. The average molecular weight is 337 g/mol. The Morgan fingerprint density at radius 1 is 1.44 bits per heavy atom. The van der Waals surface area contributed by atoms with Crippen molar-refractivity contribution in [2.24, 2.45) is 5.92 Å². The number of sulfonamides is 1. The molecule has 2 unspecified atom stereocenters. The number of rotatable bonds is 4. The summed E-state index contributed by atoms with van der Waals surface area (Å²) in [6.45, 7) is 0.370. The Morgan fingerprint density at radius 2 is 2.22 bits per heavy atom. The number of halogens is 2. The molecule has 0 spiro atoms. The van der Waals surface area contributed by atoms with Gasteiger partial charge >= 0.3 is 0 Å². The van der Waals surface area contributed by atoms with Crippen molar-refractivity contribution in [3.63, 3.8) is 0 Å². The van der Waals surface area contributed by atoms with Gasteiger partial charge in [0.15, 0.2) is 0 Å². The Labute approximate surface area is 114 Å². The lowest BCUT2D eigenvalue weighted by Gasteiger charge is -2.14. The minimum absolute atomic E-state index is 0.133. The lowest BCUT2D eigenvalue weighted by Crippen LogP contribution is -2.31. The molecule has 0 aliphatic heterocycles. The first kappa shape index (κ1) is 13.9. The van der Waals surface area contributed by atoms with Crippen LogP contribution in [-0.4, -0.2) is 24.8 Å². The van der Waals surface area contributed by atoms with Crippen LogP contribution in [0.4, 0.5) is 4.39 Å². The van der Waals surface area contributed by atoms with Gasteiger partial charge in [-0.15, -0.1) is 0 Å². The summed E-state index contributed by atoms with van der Waals surface area (Å²) in [5, 5.41) is 0. The first-order valence-corrected chi connectivity index (χ1v) is 8.13. The fourth-order valence-corrected chi connectivity index (χ4v) is 3.90. The largest absolute Gasteiger partial charge is 0.260 e. The van der Waals surface area contributed by atoms with Crippen molar-refractivity contribution in [1.82, 2.24) is 9.71 Å². The molecular formula is C11H14BrFN2O2S. The van der Waals surface area contributed by atoms with Gasteiger partial charge in [-0.2, -0.15) is 0 Å². The van der Waals surface area contributed by atoms with Crippen molar-refractivity contribution < 1.29 is 12.8 Å².